The average Bonchev–Trinajstić information content (AvgIpc) is 2.83. The first-order valence-corrected chi connectivity index (χ1v) is 5.99. The van der Waals surface area contributed by atoms with Crippen molar-refractivity contribution in [1.29, 1.82) is 0 Å². The van der Waals surface area contributed by atoms with Crippen molar-refractivity contribution in [1.82, 2.24) is 0 Å². The van der Waals surface area contributed by atoms with E-state index in [4.69, 9.17) is 20.8 Å². The van der Waals surface area contributed by atoms with Crippen molar-refractivity contribution in [2.45, 2.75) is 0 Å². The Balaban J connectivity index is 2.41. The Hall–Kier alpha value is -1.26. The summed E-state index contributed by atoms with van der Waals surface area (Å²) in [6.45, 7) is 0. The van der Waals surface area contributed by atoms with Crippen molar-refractivity contribution in [3.63, 3.8) is 0 Å². The summed E-state index contributed by atoms with van der Waals surface area (Å²) in [5, 5.41) is 0.284. The topological polar surface area (TPSA) is 34.7 Å². The fourth-order valence-electron chi connectivity index (χ4n) is 1.31. The highest BCUT2D eigenvalue weighted by Gasteiger charge is 2.07. The van der Waals surface area contributed by atoms with E-state index in [0.717, 1.165) is 4.47 Å². The van der Waals surface area contributed by atoms with Crippen molar-refractivity contribution in [2.75, 3.05) is 7.11 Å². The Morgan fingerprint density at radius 2 is 2.24 bits per heavy atom. The lowest BCUT2D eigenvalue weighted by atomic mass is 10.3. The van der Waals surface area contributed by atoms with Crippen LogP contribution in [-0.4, -0.2) is 12.3 Å². The van der Waals surface area contributed by atoms with Crippen LogP contribution in [0.4, 0.5) is 5.69 Å². The van der Waals surface area contributed by atoms with Gasteiger partial charge in [0.2, 0.25) is 0 Å². The van der Waals surface area contributed by atoms with Crippen LogP contribution in [-0.2, 0) is 0 Å². The van der Waals surface area contributed by atoms with Crippen LogP contribution in [0.15, 0.2) is 50.5 Å². The zero-order chi connectivity index (χ0) is 12.3. The van der Waals surface area contributed by atoms with Gasteiger partial charge >= 0.3 is 0 Å². The molecule has 0 bridgehead atoms. The predicted molar refractivity (Wildman–Crippen MR) is 71.5 cm³/mol. The van der Waals surface area contributed by atoms with Gasteiger partial charge in [-0.1, -0.05) is 27.5 Å². The first kappa shape index (κ1) is 12.2. The van der Waals surface area contributed by atoms with Gasteiger partial charge in [-0.05, 0) is 30.3 Å². The second-order valence-corrected chi connectivity index (χ2v) is 4.47. The highest BCUT2D eigenvalue weighted by atomic mass is 79.9. The van der Waals surface area contributed by atoms with E-state index in [1.807, 2.05) is 18.2 Å². The van der Waals surface area contributed by atoms with Crippen molar-refractivity contribution in [3.8, 4) is 5.75 Å². The molecule has 1 aromatic carbocycles. The smallest absolute Gasteiger partial charge is 0.172 e. The molecule has 0 N–H and O–H groups in total. The van der Waals surface area contributed by atoms with Gasteiger partial charge in [0.25, 0.3) is 0 Å². The Bertz CT molecular complexity index is 537. The van der Waals surface area contributed by atoms with Gasteiger partial charge in [0, 0.05) is 4.47 Å². The number of methoxy groups -OCH3 is 1. The number of furan rings is 1. The predicted octanol–water partition coefficient (Wildman–Crippen LogP) is 4.37. The summed E-state index contributed by atoms with van der Waals surface area (Å²) in [4.78, 5) is 4.27. The lowest BCUT2D eigenvalue weighted by molar-refractivity contribution is 0.416. The van der Waals surface area contributed by atoms with E-state index >= 15 is 0 Å². The van der Waals surface area contributed by atoms with Crippen LogP contribution in [0, 0.1) is 0 Å². The summed E-state index contributed by atoms with van der Waals surface area (Å²) >= 11 is 9.42. The molecule has 0 amide bonds. The third kappa shape index (κ3) is 2.90. The summed E-state index contributed by atoms with van der Waals surface area (Å²) in [6, 6.07) is 9.01. The molecule has 2 rings (SSSR count). The van der Waals surface area contributed by atoms with E-state index in [0.29, 0.717) is 17.2 Å². The van der Waals surface area contributed by atoms with Crippen molar-refractivity contribution < 1.29 is 9.15 Å². The lowest BCUT2D eigenvalue weighted by Crippen LogP contribution is -1.89. The Morgan fingerprint density at radius 3 is 2.88 bits per heavy atom. The second-order valence-electron chi connectivity index (χ2n) is 3.20. The number of benzene rings is 1. The largest absolute Gasteiger partial charge is 0.494 e. The number of hydrogen-bond acceptors (Lipinski definition) is 3. The molecule has 17 heavy (non-hydrogen) atoms. The molecule has 0 aliphatic heterocycles. The van der Waals surface area contributed by atoms with Crippen LogP contribution in [0.1, 0.15) is 5.76 Å². The molecule has 3 nitrogen and oxygen atoms in total. The lowest BCUT2D eigenvalue weighted by Gasteiger charge is -2.04. The van der Waals surface area contributed by atoms with E-state index in [9.17, 15) is 0 Å². The molecule has 0 unspecified atom stereocenters. The SMILES string of the molecule is COc1ccc(Br)cc1N=C(Cl)c1ccco1. The van der Waals surface area contributed by atoms with Gasteiger partial charge in [-0.25, -0.2) is 4.99 Å². The molecule has 0 fully saturated rings. The standard InChI is InChI=1S/C12H9BrClNO2/c1-16-10-5-4-8(13)7-9(10)15-12(14)11-3-2-6-17-11/h2-7H,1H3. The number of rotatable bonds is 3. The van der Waals surface area contributed by atoms with Crippen LogP contribution in [0.5, 0.6) is 5.75 Å². The molecule has 88 valence electrons. The molecule has 2 aromatic rings. The van der Waals surface area contributed by atoms with Gasteiger partial charge in [0.1, 0.15) is 11.4 Å². The maximum atomic E-state index is 6.05. The maximum absolute atomic E-state index is 6.05. The van der Waals surface area contributed by atoms with Crippen LogP contribution in [0.25, 0.3) is 0 Å². The fraction of sp³-hybridized carbons (Fsp3) is 0.0833. The van der Waals surface area contributed by atoms with Gasteiger partial charge in [-0.15, -0.1) is 0 Å². The van der Waals surface area contributed by atoms with Crippen LogP contribution in [0.3, 0.4) is 0 Å². The Kier molecular flexibility index (Phi) is 3.86. The van der Waals surface area contributed by atoms with Crippen molar-refractivity contribution in [2.24, 2.45) is 4.99 Å². The Morgan fingerprint density at radius 1 is 1.41 bits per heavy atom. The third-order valence-electron chi connectivity index (χ3n) is 2.08. The molecule has 0 aliphatic carbocycles. The summed E-state index contributed by atoms with van der Waals surface area (Å²) in [7, 11) is 1.59. The number of halogens is 2. The van der Waals surface area contributed by atoms with Crippen LogP contribution in [0.2, 0.25) is 0 Å². The summed E-state index contributed by atoms with van der Waals surface area (Å²) < 4.78 is 11.3. The average molecular weight is 315 g/mol. The van der Waals surface area contributed by atoms with Crippen LogP contribution >= 0.6 is 27.5 Å². The monoisotopic (exact) mass is 313 g/mol. The number of aliphatic imine (C=N–C) groups is 1. The first-order valence-electron chi connectivity index (χ1n) is 4.82. The first-order chi connectivity index (χ1) is 8.20. The molecule has 0 spiro atoms. The quantitative estimate of drug-likeness (QED) is 0.789. The fourth-order valence-corrected chi connectivity index (χ4v) is 1.85. The molecule has 0 saturated heterocycles. The van der Waals surface area contributed by atoms with E-state index in [1.54, 1.807) is 25.5 Å². The summed E-state index contributed by atoms with van der Waals surface area (Å²) in [5.74, 6) is 1.17. The number of nitrogens with zero attached hydrogens (tertiary/aromatic N) is 1. The molecular weight excluding hydrogens is 305 g/mol. The molecule has 5 heteroatoms. The molecular formula is C12H9BrClNO2. The molecule has 0 radical (unpaired) electrons. The third-order valence-corrected chi connectivity index (χ3v) is 2.85. The van der Waals surface area contributed by atoms with E-state index in [-0.39, 0.29) is 5.17 Å². The summed E-state index contributed by atoms with van der Waals surface area (Å²) in [6.07, 6.45) is 1.55. The summed E-state index contributed by atoms with van der Waals surface area (Å²) in [5.41, 5.74) is 0.642. The van der Waals surface area contributed by atoms with Gasteiger partial charge < -0.3 is 9.15 Å². The van der Waals surface area contributed by atoms with Crippen molar-refractivity contribution >= 4 is 38.4 Å². The number of ether oxygens (including phenoxy) is 1. The van der Waals surface area contributed by atoms with Crippen LogP contribution < -0.4 is 4.74 Å². The van der Waals surface area contributed by atoms with Crippen molar-refractivity contribution in [3.05, 3.63) is 46.8 Å². The normalized spacial score (nSPS) is 11.6. The van der Waals surface area contributed by atoms with E-state index in [2.05, 4.69) is 20.9 Å². The molecule has 0 aliphatic rings. The van der Waals surface area contributed by atoms with Gasteiger partial charge in [-0.3, -0.25) is 0 Å². The minimum Gasteiger partial charge on any atom is -0.494 e. The zero-order valence-electron chi connectivity index (χ0n) is 8.98. The van der Waals surface area contributed by atoms with Gasteiger partial charge in [-0.2, -0.15) is 0 Å². The minimum atomic E-state index is 0.284. The minimum absolute atomic E-state index is 0.284. The van der Waals surface area contributed by atoms with Gasteiger partial charge in [0.05, 0.1) is 13.4 Å². The zero-order valence-corrected chi connectivity index (χ0v) is 11.3. The van der Waals surface area contributed by atoms with E-state index in [1.165, 1.54) is 0 Å². The molecule has 1 heterocycles. The molecule has 0 saturated carbocycles. The maximum Gasteiger partial charge on any atom is 0.172 e. The van der Waals surface area contributed by atoms with Gasteiger partial charge in [0.15, 0.2) is 10.9 Å². The second kappa shape index (κ2) is 5.38. The molecule has 1 aromatic heterocycles. The highest BCUT2D eigenvalue weighted by molar-refractivity contribution is 9.10. The molecule has 0 atom stereocenters. The highest BCUT2D eigenvalue weighted by Crippen LogP contribution is 2.31. The number of hydrogen-bond donors (Lipinski definition) is 0. The Labute approximate surface area is 112 Å². The van der Waals surface area contributed by atoms with E-state index < -0.39 is 0 Å².